The van der Waals surface area contributed by atoms with Gasteiger partial charge in [-0.1, -0.05) is 24.3 Å². The Kier molecular flexibility index (Phi) is 5.04. The Morgan fingerprint density at radius 3 is 2.55 bits per heavy atom. The molecule has 1 aliphatic rings. The highest BCUT2D eigenvalue weighted by Gasteiger charge is 2.33. The number of hydrogen-bond acceptors (Lipinski definition) is 1. The molecule has 1 aliphatic heterocycles. The van der Waals surface area contributed by atoms with Crippen molar-refractivity contribution in [2.24, 2.45) is 0 Å². The number of halogens is 4. The minimum atomic E-state index is -4.44. The number of benzene rings is 2. The van der Waals surface area contributed by atoms with Gasteiger partial charge in [0.1, 0.15) is 5.82 Å². The molecule has 2 heterocycles. The molecule has 0 unspecified atom stereocenters. The monoisotopic (exact) mass is 419 g/mol. The van der Waals surface area contributed by atoms with Crippen LogP contribution in [0, 0.1) is 5.82 Å². The van der Waals surface area contributed by atoms with Gasteiger partial charge >= 0.3 is 6.18 Å². The molecular formula is C21H17F4N3S. The van der Waals surface area contributed by atoms with Crippen LogP contribution in [-0.2, 0) is 12.7 Å². The summed E-state index contributed by atoms with van der Waals surface area (Å²) >= 11 is 5.52. The molecule has 0 saturated heterocycles. The fraction of sp³-hybridized carbons (Fsp3) is 0.190. The third-order valence-corrected chi connectivity index (χ3v) is 5.28. The van der Waals surface area contributed by atoms with Crippen molar-refractivity contribution in [1.82, 2.24) is 9.47 Å². The van der Waals surface area contributed by atoms with Crippen LogP contribution in [0.1, 0.15) is 22.9 Å². The van der Waals surface area contributed by atoms with Crippen LogP contribution in [0.25, 0.3) is 0 Å². The van der Waals surface area contributed by atoms with E-state index in [0.717, 1.165) is 17.8 Å². The van der Waals surface area contributed by atoms with Crippen molar-refractivity contribution in [1.29, 1.82) is 0 Å². The van der Waals surface area contributed by atoms with E-state index in [1.165, 1.54) is 18.2 Å². The van der Waals surface area contributed by atoms with Gasteiger partial charge in [-0.3, -0.25) is 0 Å². The first-order chi connectivity index (χ1) is 13.8. The summed E-state index contributed by atoms with van der Waals surface area (Å²) in [7, 11) is 0. The van der Waals surface area contributed by atoms with Gasteiger partial charge in [0.05, 0.1) is 11.6 Å². The topological polar surface area (TPSA) is 20.2 Å². The van der Waals surface area contributed by atoms with Gasteiger partial charge in [0.25, 0.3) is 0 Å². The van der Waals surface area contributed by atoms with E-state index in [1.807, 2.05) is 27.8 Å². The second-order valence-electron chi connectivity index (χ2n) is 6.75. The van der Waals surface area contributed by atoms with Crippen molar-refractivity contribution < 1.29 is 17.6 Å². The summed E-state index contributed by atoms with van der Waals surface area (Å²) < 4.78 is 55.6. The standard InChI is InChI=1S/C21H17F4N3S/c22-17-8-2-1-7-16(17)19-18-9-4-10-27(18)11-12-28(19)20(29)26-15-6-3-5-14(13-15)21(23,24)25/h1-10,13,19H,11-12H2,(H,26,29)/t19-/m1/s1. The summed E-state index contributed by atoms with van der Waals surface area (Å²) in [5, 5.41) is 3.13. The molecule has 0 fully saturated rings. The summed E-state index contributed by atoms with van der Waals surface area (Å²) in [6.07, 6.45) is -2.52. The van der Waals surface area contributed by atoms with Crippen LogP contribution in [0.2, 0.25) is 0 Å². The van der Waals surface area contributed by atoms with E-state index in [2.05, 4.69) is 5.32 Å². The molecular weight excluding hydrogens is 402 g/mol. The van der Waals surface area contributed by atoms with Gasteiger partial charge in [0.2, 0.25) is 0 Å². The SMILES string of the molecule is Fc1ccccc1[C@@H]1c2cccn2CCN1C(=S)Nc1cccc(C(F)(F)F)c1. The van der Waals surface area contributed by atoms with Crippen LogP contribution in [0.15, 0.2) is 66.9 Å². The van der Waals surface area contributed by atoms with Gasteiger partial charge in [0, 0.05) is 36.2 Å². The second kappa shape index (κ2) is 7.51. The average Bonchev–Trinajstić information content (AvgIpc) is 3.16. The number of hydrogen-bond donors (Lipinski definition) is 1. The van der Waals surface area contributed by atoms with Crippen molar-refractivity contribution in [3.8, 4) is 0 Å². The maximum Gasteiger partial charge on any atom is 0.416 e. The third-order valence-electron chi connectivity index (χ3n) is 4.94. The van der Waals surface area contributed by atoms with E-state index in [-0.39, 0.29) is 16.6 Å². The lowest BCUT2D eigenvalue weighted by molar-refractivity contribution is -0.137. The second-order valence-corrected chi connectivity index (χ2v) is 7.14. The predicted molar refractivity (Wildman–Crippen MR) is 107 cm³/mol. The smallest absolute Gasteiger partial charge is 0.348 e. The maximum absolute atomic E-state index is 14.6. The average molecular weight is 419 g/mol. The fourth-order valence-electron chi connectivity index (χ4n) is 3.59. The quantitative estimate of drug-likeness (QED) is 0.441. The normalized spacial score (nSPS) is 16.4. The molecule has 3 aromatic rings. The lowest BCUT2D eigenvalue weighted by Gasteiger charge is -2.39. The molecule has 4 rings (SSSR count). The summed E-state index contributed by atoms with van der Waals surface area (Å²) in [5.74, 6) is -0.362. The molecule has 0 spiro atoms. The maximum atomic E-state index is 14.6. The number of nitrogens with zero attached hydrogens (tertiary/aromatic N) is 2. The molecule has 0 saturated carbocycles. The number of fused-ring (bicyclic) bond motifs is 1. The van der Waals surface area contributed by atoms with Crippen LogP contribution < -0.4 is 5.32 Å². The van der Waals surface area contributed by atoms with Crippen molar-refractivity contribution in [2.75, 3.05) is 11.9 Å². The van der Waals surface area contributed by atoms with Crippen LogP contribution in [0.3, 0.4) is 0 Å². The number of rotatable bonds is 2. The number of anilines is 1. The number of thiocarbonyl (C=S) groups is 1. The largest absolute Gasteiger partial charge is 0.416 e. The molecule has 8 heteroatoms. The van der Waals surface area contributed by atoms with Crippen molar-refractivity contribution in [2.45, 2.75) is 18.8 Å². The first-order valence-corrected chi connectivity index (χ1v) is 9.40. The van der Waals surface area contributed by atoms with E-state index >= 15 is 0 Å². The Hall–Kier alpha value is -2.87. The summed E-state index contributed by atoms with van der Waals surface area (Å²) in [6, 6.07) is 14.6. The predicted octanol–water partition coefficient (Wildman–Crippen LogP) is 5.45. The number of aromatic nitrogens is 1. The van der Waals surface area contributed by atoms with E-state index in [4.69, 9.17) is 12.2 Å². The molecule has 2 aromatic carbocycles. The lowest BCUT2D eigenvalue weighted by atomic mass is 10.00. The molecule has 1 atom stereocenters. The molecule has 0 bridgehead atoms. The molecule has 150 valence electrons. The molecule has 29 heavy (non-hydrogen) atoms. The van der Waals surface area contributed by atoms with Crippen LogP contribution in [0.4, 0.5) is 23.2 Å². The van der Waals surface area contributed by atoms with Crippen LogP contribution in [0.5, 0.6) is 0 Å². The highest BCUT2D eigenvalue weighted by molar-refractivity contribution is 7.80. The van der Waals surface area contributed by atoms with Gasteiger partial charge in [-0.05, 0) is 48.6 Å². The van der Waals surface area contributed by atoms with E-state index in [0.29, 0.717) is 18.7 Å². The van der Waals surface area contributed by atoms with Crippen molar-refractivity contribution in [3.05, 3.63) is 89.5 Å². The minimum absolute atomic E-state index is 0.234. The fourth-order valence-corrected chi connectivity index (χ4v) is 3.91. The first kappa shape index (κ1) is 19.4. The highest BCUT2D eigenvalue weighted by Crippen LogP contribution is 2.35. The van der Waals surface area contributed by atoms with Crippen molar-refractivity contribution >= 4 is 23.0 Å². The van der Waals surface area contributed by atoms with Gasteiger partial charge < -0.3 is 14.8 Å². The van der Waals surface area contributed by atoms with E-state index < -0.39 is 17.8 Å². The van der Waals surface area contributed by atoms with Crippen molar-refractivity contribution in [3.63, 3.8) is 0 Å². The molecule has 0 aliphatic carbocycles. The Balaban J connectivity index is 1.66. The van der Waals surface area contributed by atoms with Gasteiger partial charge in [-0.2, -0.15) is 13.2 Å². The summed E-state index contributed by atoms with van der Waals surface area (Å²) in [5.41, 5.74) is 0.802. The number of nitrogens with one attached hydrogen (secondary N) is 1. The Labute approximate surface area is 170 Å². The zero-order valence-corrected chi connectivity index (χ0v) is 16.0. The van der Waals surface area contributed by atoms with Gasteiger partial charge in [-0.25, -0.2) is 4.39 Å². The minimum Gasteiger partial charge on any atom is -0.348 e. The molecule has 3 nitrogen and oxygen atoms in total. The van der Waals surface area contributed by atoms with Gasteiger partial charge in [-0.15, -0.1) is 0 Å². The third kappa shape index (κ3) is 3.85. The molecule has 1 N–H and O–H groups in total. The van der Waals surface area contributed by atoms with Crippen LogP contribution >= 0.6 is 12.2 Å². The molecule has 1 aromatic heterocycles. The van der Waals surface area contributed by atoms with E-state index in [1.54, 1.807) is 18.2 Å². The summed E-state index contributed by atoms with van der Waals surface area (Å²) in [4.78, 5) is 1.81. The number of alkyl halides is 3. The lowest BCUT2D eigenvalue weighted by Crippen LogP contribution is -2.44. The van der Waals surface area contributed by atoms with Crippen LogP contribution in [-0.4, -0.2) is 21.1 Å². The Morgan fingerprint density at radius 2 is 1.79 bits per heavy atom. The highest BCUT2D eigenvalue weighted by atomic mass is 32.1. The van der Waals surface area contributed by atoms with E-state index in [9.17, 15) is 17.6 Å². The van der Waals surface area contributed by atoms with Gasteiger partial charge in [0.15, 0.2) is 5.11 Å². The Bertz CT molecular complexity index is 1040. The zero-order chi connectivity index (χ0) is 20.6. The molecule has 0 amide bonds. The molecule has 0 radical (unpaired) electrons. The zero-order valence-electron chi connectivity index (χ0n) is 15.2. The Morgan fingerprint density at radius 1 is 1.00 bits per heavy atom. The first-order valence-electron chi connectivity index (χ1n) is 8.99. The summed E-state index contributed by atoms with van der Waals surface area (Å²) in [6.45, 7) is 1.13.